The number of hydrogen-bond acceptors (Lipinski definition) is 6. The maximum absolute atomic E-state index is 13.0. The molecule has 0 radical (unpaired) electrons. The summed E-state index contributed by atoms with van der Waals surface area (Å²) >= 11 is 0. The van der Waals surface area contributed by atoms with Gasteiger partial charge in [0.1, 0.15) is 11.0 Å². The summed E-state index contributed by atoms with van der Waals surface area (Å²) in [4.78, 5) is 15.4. The van der Waals surface area contributed by atoms with E-state index in [-0.39, 0.29) is 22.5 Å². The molecule has 8 heteroatoms. The summed E-state index contributed by atoms with van der Waals surface area (Å²) in [6.45, 7) is 4.83. The van der Waals surface area contributed by atoms with E-state index in [1.807, 2.05) is 6.92 Å². The fourth-order valence-electron chi connectivity index (χ4n) is 4.79. The van der Waals surface area contributed by atoms with Crippen molar-refractivity contribution in [2.45, 2.75) is 64.0 Å². The number of nitrogens with zero attached hydrogens (tertiary/aromatic N) is 1. The zero-order valence-corrected chi connectivity index (χ0v) is 18.3. The first-order valence-electron chi connectivity index (χ1n) is 10.7. The Morgan fingerprint density at radius 3 is 2.62 bits per heavy atom. The van der Waals surface area contributed by atoms with Gasteiger partial charge in [0.2, 0.25) is 10.3 Å². The van der Waals surface area contributed by atoms with Gasteiger partial charge in [0.05, 0.1) is 11.3 Å². The van der Waals surface area contributed by atoms with Crippen molar-refractivity contribution in [3.63, 3.8) is 0 Å². The summed E-state index contributed by atoms with van der Waals surface area (Å²) in [7, 11) is -1.16. The minimum absolute atomic E-state index is 0.0534. The van der Waals surface area contributed by atoms with Crippen molar-refractivity contribution in [3.8, 4) is 0 Å². The number of likely N-dealkylation sites (tertiary alicyclic amines) is 1. The third kappa shape index (κ3) is 5.10. The summed E-state index contributed by atoms with van der Waals surface area (Å²) in [5.74, 6) is 0.504. The van der Waals surface area contributed by atoms with Gasteiger partial charge in [-0.15, -0.1) is 0 Å². The summed E-state index contributed by atoms with van der Waals surface area (Å²) in [6.07, 6.45) is 8.82. The van der Waals surface area contributed by atoms with E-state index in [9.17, 15) is 13.2 Å². The molecule has 1 saturated heterocycles. The molecule has 1 heterocycles. The van der Waals surface area contributed by atoms with Gasteiger partial charge < -0.3 is 20.7 Å². The molecule has 2 aliphatic carbocycles. The van der Waals surface area contributed by atoms with E-state index in [4.69, 9.17) is 10.5 Å². The predicted octanol–water partition coefficient (Wildman–Crippen LogP) is 1.39. The van der Waals surface area contributed by atoms with Crippen LogP contribution in [0.2, 0.25) is 0 Å². The molecule has 0 aromatic rings. The molecule has 1 saturated carbocycles. The van der Waals surface area contributed by atoms with Crippen LogP contribution in [0.25, 0.3) is 0 Å². The van der Waals surface area contributed by atoms with Crippen molar-refractivity contribution in [2.75, 3.05) is 26.7 Å². The standard InChI is InChI=1S/C21H33N3O4S/c1-3-15-11-17(19(28-2)20(18(15)22)29(26)27)21(25)23-16-9-10-24(13-16)12-14-7-5-4-6-8-14/h11,14,16,19H,3-10,12-13,22H2,1-2H3,(H,23,25). The normalized spacial score (nSPS) is 26.6. The van der Waals surface area contributed by atoms with E-state index in [1.54, 1.807) is 6.08 Å². The van der Waals surface area contributed by atoms with E-state index in [0.717, 1.165) is 32.0 Å². The average molecular weight is 424 g/mol. The zero-order valence-electron chi connectivity index (χ0n) is 17.4. The Kier molecular flexibility index (Phi) is 7.54. The van der Waals surface area contributed by atoms with Crippen LogP contribution >= 0.6 is 0 Å². The lowest BCUT2D eigenvalue weighted by atomic mass is 9.89. The number of rotatable bonds is 6. The van der Waals surface area contributed by atoms with E-state index in [1.165, 1.54) is 39.2 Å². The fourth-order valence-corrected chi connectivity index (χ4v) is 5.50. The van der Waals surface area contributed by atoms with E-state index in [0.29, 0.717) is 17.6 Å². The van der Waals surface area contributed by atoms with Crippen LogP contribution < -0.4 is 11.1 Å². The highest BCUT2D eigenvalue weighted by Gasteiger charge is 2.35. The summed E-state index contributed by atoms with van der Waals surface area (Å²) in [5.41, 5.74) is 7.16. The smallest absolute Gasteiger partial charge is 0.250 e. The van der Waals surface area contributed by atoms with E-state index in [2.05, 4.69) is 10.2 Å². The van der Waals surface area contributed by atoms with Gasteiger partial charge in [0, 0.05) is 32.8 Å². The van der Waals surface area contributed by atoms with Crippen molar-refractivity contribution in [3.05, 3.63) is 22.9 Å². The summed E-state index contributed by atoms with van der Waals surface area (Å²) < 4.78 is 28.9. The molecule has 3 aliphatic rings. The first-order chi connectivity index (χ1) is 13.9. The van der Waals surface area contributed by atoms with Crippen LogP contribution in [0.5, 0.6) is 0 Å². The van der Waals surface area contributed by atoms with Gasteiger partial charge >= 0.3 is 0 Å². The maximum atomic E-state index is 13.0. The van der Waals surface area contributed by atoms with Gasteiger partial charge in [-0.1, -0.05) is 26.2 Å². The number of nitrogens with two attached hydrogens (primary N) is 1. The molecule has 29 heavy (non-hydrogen) atoms. The number of carbonyl (C=O) groups is 1. The van der Waals surface area contributed by atoms with Crippen molar-refractivity contribution in [1.29, 1.82) is 0 Å². The number of ether oxygens (including phenoxy) is 1. The molecule has 162 valence electrons. The van der Waals surface area contributed by atoms with Crippen LogP contribution in [0.3, 0.4) is 0 Å². The van der Waals surface area contributed by atoms with Gasteiger partial charge in [-0.3, -0.25) is 4.79 Å². The molecule has 2 atom stereocenters. The first kappa shape index (κ1) is 22.1. The second-order valence-electron chi connectivity index (χ2n) is 8.33. The number of methoxy groups -OCH3 is 1. The molecule has 0 spiro atoms. The molecule has 2 fully saturated rings. The Bertz CT molecular complexity index is 817. The van der Waals surface area contributed by atoms with Crippen molar-refractivity contribution < 1.29 is 17.9 Å². The topological polar surface area (TPSA) is 102 Å². The lowest BCUT2D eigenvalue weighted by Crippen LogP contribution is -2.44. The van der Waals surface area contributed by atoms with E-state index < -0.39 is 16.4 Å². The second-order valence-corrected chi connectivity index (χ2v) is 9.24. The first-order valence-corrected chi connectivity index (χ1v) is 11.7. The van der Waals surface area contributed by atoms with Gasteiger partial charge in [-0.25, -0.2) is 0 Å². The molecule has 3 rings (SSSR count). The van der Waals surface area contributed by atoms with Gasteiger partial charge in [-0.05, 0) is 43.3 Å². The highest BCUT2D eigenvalue weighted by molar-refractivity contribution is 7.73. The molecule has 1 aliphatic heterocycles. The molecule has 3 N–H and O–H groups in total. The Hall–Kier alpha value is -1.64. The highest BCUT2D eigenvalue weighted by atomic mass is 32.2. The third-order valence-corrected chi connectivity index (χ3v) is 7.16. The minimum Gasteiger partial charge on any atom is -0.397 e. The molecule has 0 aromatic heterocycles. The largest absolute Gasteiger partial charge is 0.397 e. The van der Waals surface area contributed by atoms with Crippen LogP contribution in [0.15, 0.2) is 22.9 Å². The van der Waals surface area contributed by atoms with Crippen LogP contribution in [0.1, 0.15) is 51.9 Å². The van der Waals surface area contributed by atoms with Crippen molar-refractivity contribution in [2.24, 2.45) is 11.7 Å². The Balaban J connectivity index is 1.67. The monoisotopic (exact) mass is 423 g/mol. The third-order valence-electron chi connectivity index (χ3n) is 6.37. The van der Waals surface area contributed by atoms with Gasteiger partial charge in [-0.2, -0.15) is 8.42 Å². The van der Waals surface area contributed by atoms with Crippen molar-refractivity contribution >= 4 is 21.1 Å². The number of carbonyl (C=O) groups excluding carboxylic acids is 1. The SMILES string of the molecule is CCC1=C(N)C(=S(=O)=O)C(OC)C(C(=O)NC2CCN(CC3CCCCC3)C2)=C1. The van der Waals surface area contributed by atoms with Gasteiger partial charge in [0.15, 0.2) is 0 Å². The molecule has 0 bridgehead atoms. The highest BCUT2D eigenvalue weighted by Crippen LogP contribution is 2.27. The number of nitrogens with one attached hydrogen (secondary N) is 1. The predicted molar refractivity (Wildman–Crippen MR) is 114 cm³/mol. The fraction of sp³-hybridized carbons (Fsp3) is 0.714. The molecular weight excluding hydrogens is 390 g/mol. The zero-order chi connectivity index (χ0) is 21.0. The molecule has 7 nitrogen and oxygen atoms in total. The summed E-state index contributed by atoms with van der Waals surface area (Å²) in [6, 6.07) is 0.0685. The van der Waals surface area contributed by atoms with Gasteiger partial charge in [0.25, 0.3) is 5.91 Å². The molecule has 1 amide bonds. The maximum Gasteiger partial charge on any atom is 0.250 e. The van der Waals surface area contributed by atoms with Crippen LogP contribution in [0.4, 0.5) is 0 Å². The Morgan fingerprint density at radius 2 is 2.00 bits per heavy atom. The van der Waals surface area contributed by atoms with Crippen molar-refractivity contribution in [1.82, 2.24) is 10.2 Å². The van der Waals surface area contributed by atoms with Crippen LogP contribution in [-0.4, -0.2) is 63.0 Å². The second kappa shape index (κ2) is 9.91. The number of allylic oxidation sites excluding steroid dienone is 2. The number of amides is 1. The van der Waals surface area contributed by atoms with Crippen LogP contribution in [-0.2, 0) is 19.8 Å². The quantitative estimate of drug-likeness (QED) is 0.626. The number of hydrogen-bond donors (Lipinski definition) is 2. The molecule has 2 unspecified atom stereocenters. The lowest BCUT2D eigenvalue weighted by molar-refractivity contribution is -0.118. The molecule has 0 aromatic carbocycles. The Morgan fingerprint density at radius 1 is 1.28 bits per heavy atom. The average Bonchev–Trinajstić information content (AvgIpc) is 3.14. The van der Waals surface area contributed by atoms with E-state index >= 15 is 0 Å². The lowest BCUT2D eigenvalue weighted by Gasteiger charge is -2.27. The van der Waals surface area contributed by atoms with Crippen LogP contribution in [0, 0.1) is 5.92 Å². The minimum atomic E-state index is -2.56. The Labute approximate surface area is 174 Å². The molecular formula is C21H33N3O4S. The summed E-state index contributed by atoms with van der Waals surface area (Å²) in [5, 5.41) is 3.09.